The molecule has 0 bridgehead atoms. The largest absolute Gasteiger partial charge is 0.206 e. The first-order valence-electron chi connectivity index (χ1n) is 8.72. The molecule has 3 rings (SSSR count). The normalized spacial score (nSPS) is 21.3. The van der Waals surface area contributed by atoms with Crippen molar-refractivity contribution in [2.45, 2.75) is 51.4 Å². The third kappa shape index (κ3) is 3.95. The molecule has 0 heterocycles. The van der Waals surface area contributed by atoms with E-state index in [4.69, 9.17) is 11.6 Å². The molecule has 0 aliphatic heterocycles. The maximum Gasteiger partial charge on any atom is 0.131 e. The minimum absolute atomic E-state index is 0.125. The van der Waals surface area contributed by atoms with Crippen LogP contribution in [0.2, 0.25) is 5.02 Å². The van der Waals surface area contributed by atoms with E-state index >= 15 is 0 Å². The molecule has 0 saturated heterocycles. The van der Waals surface area contributed by atoms with Crippen LogP contribution < -0.4 is 0 Å². The van der Waals surface area contributed by atoms with Gasteiger partial charge in [0.15, 0.2) is 0 Å². The SMILES string of the molecule is CCC[C@H]1CC[C@H](c2ccc(-c3ccc(Cl)cc3)c(F)c2)CC1. The topological polar surface area (TPSA) is 0 Å². The van der Waals surface area contributed by atoms with Crippen LogP contribution in [0.25, 0.3) is 11.1 Å². The molecule has 0 spiro atoms. The highest BCUT2D eigenvalue weighted by molar-refractivity contribution is 6.30. The Balaban J connectivity index is 1.74. The molecule has 0 unspecified atom stereocenters. The fourth-order valence-electron chi connectivity index (χ4n) is 3.84. The first kappa shape index (κ1) is 16.5. The molecule has 0 atom stereocenters. The summed E-state index contributed by atoms with van der Waals surface area (Å²) in [5.74, 6) is 1.28. The quantitative estimate of drug-likeness (QED) is 0.555. The van der Waals surface area contributed by atoms with Crippen molar-refractivity contribution in [1.82, 2.24) is 0 Å². The van der Waals surface area contributed by atoms with E-state index in [0.29, 0.717) is 16.5 Å². The minimum atomic E-state index is -0.125. The molecule has 0 aromatic heterocycles. The third-order valence-corrected chi connectivity index (χ3v) is 5.42. The van der Waals surface area contributed by atoms with Crippen LogP contribution in [0.5, 0.6) is 0 Å². The smallest absolute Gasteiger partial charge is 0.131 e. The zero-order valence-corrected chi connectivity index (χ0v) is 14.5. The van der Waals surface area contributed by atoms with Gasteiger partial charge < -0.3 is 0 Å². The number of hydrogen-bond acceptors (Lipinski definition) is 0. The Hall–Kier alpha value is -1.34. The highest BCUT2D eigenvalue weighted by Gasteiger charge is 2.22. The van der Waals surface area contributed by atoms with Gasteiger partial charge in [0.1, 0.15) is 5.82 Å². The second-order valence-corrected chi connectivity index (χ2v) is 7.19. The van der Waals surface area contributed by atoms with Gasteiger partial charge in [-0.1, -0.05) is 55.6 Å². The highest BCUT2D eigenvalue weighted by Crippen LogP contribution is 2.38. The van der Waals surface area contributed by atoms with Crippen molar-refractivity contribution in [3.8, 4) is 11.1 Å². The summed E-state index contributed by atoms with van der Waals surface area (Å²) in [4.78, 5) is 0. The molecular formula is C21H24ClF. The van der Waals surface area contributed by atoms with Gasteiger partial charge in [-0.2, -0.15) is 0 Å². The van der Waals surface area contributed by atoms with Crippen LogP contribution in [0.4, 0.5) is 4.39 Å². The van der Waals surface area contributed by atoms with Gasteiger partial charge in [0, 0.05) is 10.6 Å². The molecule has 0 nitrogen and oxygen atoms in total. The van der Waals surface area contributed by atoms with Gasteiger partial charge in [0.2, 0.25) is 0 Å². The molecule has 1 aliphatic carbocycles. The van der Waals surface area contributed by atoms with Crippen LogP contribution in [0, 0.1) is 11.7 Å². The molecule has 1 aliphatic rings. The summed E-state index contributed by atoms with van der Waals surface area (Å²) >= 11 is 5.91. The van der Waals surface area contributed by atoms with Crippen LogP contribution in [0.3, 0.4) is 0 Å². The summed E-state index contributed by atoms with van der Waals surface area (Å²) in [5.41, 5.74) is 2.70. The number of rotatable bonds is 4. The minimum Gasteiger partial charge on any atom is -0.206 e. The highest BCUT2D eigenvalue weighted by atomic mass is 35.5. The standard InChI is InChI=1S/C21H24ClF/c1-2-3-15-4-6-16(7-5-15)18-10-13-20(21(23)14-18)17-8-11-19(22)12-9-17/h8-16H,2-7H2,1H3/t15-,16-. The first-order chi connectivity index (χ1) is 11.2. The van der Waals surface area contributed by atoms with Crippen LogP contribution >= 0.6 is 11.6 Å². The van der Waals surface area contributed by atoms with Crippen LogP contribution in [-0.4, -0.2) is 0 Å². The summed E-state index contributed by atoms with van der Waals surface area (Å²) in [6, 6.07) is 13.1. The Kier molecular flexibility index (Phi) is 5.38. The van der Waals surface area contributed by atoms with Gasteiger partial charge >= 0.3 is 0 Å². The van der Waals surface area contributed by atoms with E-state index in [2.05, 4.69) is 13.0 Å². The van der Waals surface area contributed by atoms with Crippen molar-refractivity contribution < 1.29 is 4.39 Å². The van der Waals surface area contributed by atoms with Gasteiger partial charge in [0.05, 0.1) is 0 Å². The lowest BCUT2D eigenvalue weighted by Crippen LogP contribution is -2.13. The van der Waals surface area contributed by atoms with Gasteiger partial charge in [-0.3, -0.25) is 0 Å². The predicted octanol–water partition coefficient (Wildman–Crippen LogP) is 7.22. The van der Waals surface area contributed by atoms with E-state index in [1.165, 1.54) is 38.5 Å². The molecule has 2 aromatic carbocycles. The molecule has 23 heavy (non-hydrogen) atoms. The fourth-order valence-corrected chi connectivity index (χ4v) is 3.97. The number of hydrogen-bond donors (Lipinski definition) is 0. The summed E-state index contributed by atoms with van der Waals surface area (Å²) < 4.78 is 14.6. The van der Waals surface area contributed by atoms with Crippen LogP contribution in [0.1, 0.15) is 56.9 Å². The van der Waals surface area contributed by atoms with Gasteiger partial charge in [-0.15, -0.1) is 0 Å². The molecule has 2 heteroatoms. The first-order valence-corrected chi connectivity index (χ1v) is 9.10. The molecule has 1 saturated carbocycles. The molecule has 122 valence electrons. The summed E-state index contributed by atoms with van der Waals surface area (Å²) in [7, 11) is 0. The Morgan fingerprint density at radius 2 is 1.70 bits per heavy atom. The second kappa shape index (κ2) is 7.49. The van der Waals surface area contributed by atoms with Crippen molar-refractivity contribution >= 4 is 11.6 Å². The Morgan fingerprint density at radius 3 is 2.30 bits per heavy atom. The molecule has 2 aromatic rings. The molecule has 0 amide bonds. The fraction of sp³-hybridized carbons (Fsp3) is 0.429. The van der Waals surface area contributed by atoms with Crippen molar-refractivity contribution in [1.29, 1.82) is 0 Å². The van der Waals surface area contributed by atoms with Crippen molar-refractivity contribution in [3.63, 3.8) is 0 Å². The summed E-state index contributed by atoms with van der Waals surface area (Å²) in [5, 5.41) is 0.676. The zero-order valence-electron chi connectivity index (χ0n) is 13.7. The lowest BCUT2D eigenvalue weighted by atomic mass is 9.77. The van der Waals surface area contributed by atoms with Gasteiger partial charge in [-0.25, -0.2) is 4.39 Å². The Bertz CT molecular complexity index is 639. The zero-order chi connectivity index (χ0) is 16.2. The lowest BCUT2D eigenvalue weighted by molar-refractivity contribution is 0.308. The maximum atomic E-state index is 14.6. The molecule has 0 radical (unpaired) electrons. The van der Waals surface area contributed by atoms with Gasteiger partial charge in [0.25, 0.3) is 0 Å². The third-order valence-electron chi connectivity index (χ3n) is 5.16. The molecule has 1 fully saturated rings. The average molecular weight is 331 g/mol. The van der Waals surface area contributed by atoms with E-state index in [9.17, 15) is 4.39 Å². The van der Waals surface area contributed by atoms with E-state index in [1.807, 2.05) is 18.2 Å². The van der Waals surface area contributed by atoms with Gasteiger partial charge in [-0.05, 0) is 66.8 Å². The molecule has 0 N–H and O–H groups in total. The Labute approximate surface area is 143 Å². The van der Waals surface area contributed by atoms with Crippen molar-refractivity contribution in [2.75, 3.05) is 0 Å². The summed E-state index contributed by atoms with van der Waals surface area (Å²) in [6.07, 6.45) is 7.60. The monoisotopic (exact) mass is 330 g/mol. The average Bonchev–Trinajstić information content (AvgIpc) is 2.57. The van der Waals surface area contributed by atoms with E-state index < -0.39 is 0 Å². The number of benzene rings is 2. The lowest BCUT2D eigenvalue weighted by Gasteiger charge is -2.28. The summed E-state index contributed by atoms with van der Waals surface area (Å²) in [6.45, 7) is 2.26. The predicted molar refractivity (Wildman–Crippen MR) is 96.5 cm³/mol. The van der Waals surface area contributed by atoms with E-state index in [0.717, 1.165) is 17.0 Å². The van der Waals surface area contributed by atoms with Crippen LogP contribution in [0.15, 0.2) is 42.5 Å². The van der Waals surface area contributed by atoms with Crippen molar-refractivity contribution in [2.24, 2.45) is 5.92 Å². The van der Waals surface area contributed by atoms with E-state index in [-0.39, 0.29) is 5.82 Å². The van der Waals surface area contributed by atoms with Crippen molar-refractivity contribution in [3.05, 3.63) is 58.9 Å². The molecular weight excluding hydrogens is 307 g/mol. The second-order valence-electron chi connectivity index (χ2n) is 6.75. The van der Waals surface area contributed by atoms with Crippen LogP contribution in [-0.2, 0) is 0 Å². The Morgan fingerprint density at radius 1 is 1.00 bits per heavy atom. The maximum absolute atomic E-state index is 14.6. The van der Waals surface area contributed by atoms with E-state index in [1.54, 1.807) is 18.2 Å². The number of halogens is 2.